The molecule has 1 aromatic rings. The number of piperazine rings is 1. The van der Waals surface area contributed by atoms with Crippen molar-refractivity contribution in [1.82, 2.24) is 4.90 Å². The molecule has 98 valence electrons. The molecule has 0 saturated carbocycles. The number of rotatable bonds is 3. The highest BCUT2D eigenvalue weighted by Crippen LogP contribution is 2.31. The van der Waals surface area contributed by atoms with Gasteiger partial charge in [0.05, 0.1) is 12.3 Å². The predicted octanol–water partition coefficient (Wildman–Crippen LogP) is 2.37. The second-order valence-electron chi connectivity index (χ2n) is 5.18. The van der Waals surface area contributed by atoms with Crippen molar-refractivity contribution in [3.8, 4) is 5.75 Å². The van der Waals surface area contributed by atoms with Crippen molar-refractivity contribution in [3.63, 3.8) is 0 Å². The summed E-state index contributed by atoms with van der Waals surface area (Å²) in [4.78, 5) is 5.14. The molecule has 0 N–H and O–H groups in total. The molecule has 2 saturated heterocycles. The van der Waals surface area contributed by atoms with Crippen LogP contribution in [0.5, 0.6) is 5.75 Å². The Balaban J connectivity index is 1.78. The summed E-state index contributed by atoms with van der Waals surface area (Å²) in [5.74, 6) is 1.03. The molecule has 0 aliphatic carbocycles. The highest BCUT2D eigenvalue weighted by molar-refractivity contribution is 5.58. The van der Waals surface area contributed by atoms with Gasteiger partial charge >= 0.3 is 0 Å². The lowest BCUT2D eigenvalue weighted by Crippen LogP contribution is -2.50. The third-order valence-electron chi connectivity index (χ3n) is 4.09. The third-order valence-corrected chi connectivity index (χ3v) is 4.09. The highest BCUT2D eigenvalue weighted by atomic mass is 16.5. The first-order chi connectivity index (χ1) is 8.88. The molecule has 2 aliphatic heterocycles. The number of fused-ring (bicyclic) bond motifs is 1. The monoisotopic (exact) mass is 246 g/mol. The maximum atomic E-state index is 5.75. The van der Waals surface area contributed by atoms with Crippen LogP contribution < -0.4 is 9.64 Å². The van der Waals surface area contributed by atoms with Crippen LogP contribution in [0, 0.1) is 0 Å². The van der Waals surface area contributed by atoms with Gasteiger partial charge in [0.2, 0.25) is 0 Å². The van der Waals surface area contributed by atoms with E-state index < -0.39 is 0 Å². The number of nitrogens with zero attached hydrogens (tertiary/aromatic N) is 2. The molecule has 1 unspecified atom stereocenters. The molecule has 2 aliphatic rings. The Morgan fingerprint density at radius 1 is 1.22 bits per heavy atom. The zero-order valence-corrected chi connectivity index (χ0v) is 11.1. The number of anilines is 1. The van der Waals surface area contributed by atoms with Gasteiger partial charge in [0.25, 0.3) is 0 Å². The molecule has 18 heavy (non-hydrogen) atoms. The fraction of sp³-hybridized carbons (Fsp3) is 0.600. The summed E-state index contributed by atoms with van der Waals surface area (Å²) in [6.07, 6.45) is 2.72. The van der Waals surface area contributed by atoms with E-state index in [0.717, 1.165) is 31.5 Å². The lowest BCUT2D eigenvalue weighted by molar-refractivity contribution is 0.230. The van der Waals surface area contributed by atoms with E-state index >= 15 is 0 Å². The molecule has 2 fully saturated rings. The Kier molecular flexibility index (Phi) is 3.41. The molecule has 0 spiro atoms. The van der Waals surface area contributed by atoms with E-state index in [1.165, 1.54) is 31.6 Å². The largest absolute Gasteiger partial charge is 0.492 e. The van der Waals surface area contributed by atoms with Gasteiger partial charge in [0, 0.05) is 25.7 Å². The molecule has 0 amide bonds. The van der Waals surface area contributed by atoms with Gasteiger partial charge in [-0.3, -0.25) is 4.90 Å². The van der Waals surface area contributed by atoms with Gasteiger partial charge in [0.15, 0.2) is 0 Å². The summed E-state index contributed by atoms with van der Waals surface area (Å²) in [5, 5.41) is 0. The van der Waals surface area contributed by atoms with Crippen molar-refractivity contribution in [3.05, 3.63) is 24.3 Å². The summed E-state index contributed by atoms with van der Waals surface area (Å²) >= 11 is 0. The highest BCUT2D eigenvalue weighted by Gasteiger charge is 2.31. The summed E-state index contributed by atoms with van der Waals surface area (Å²) in [6, 6.07) is 9.20. The first-order valence-corrected chi connectivity index (χ1v) is 7.09. The van der Waals surface area contributed by atoms with Crippen LogP contribution in [0.4, 0.5) is 5.69 Å². The van der Waals surface area contributed by atoms with E-state index in [-0.39, 0.29) is 0 Å². The van der Waals surface area contributed by atoms with Gasteiger partial charge in [-0.2, -0.15) is 0 Å². The number of hydrogen-bond acceptors (Lipinski definition) is 3. The molecule has 0 bridgehead atoms. The minimum Gasteiger partial charge on any atom is -0.492 e. The standard InChI is InChI=1S/C15H22N2O/c1-2-18-15-8-4-3-7-14(15)17-11-10-16-9-5-6-13(16)12-17/h3-4,7-8,13H,2,5-6,9-12H2,1H3. The van der Waals surface area contributed by atoms with Gasteiger partial charge in [-0.1, -0.05) is 12.1 Å². The topological polar surface area (TPSA) is 15.7 Å². The van der Waals surface area contributed by atoms with Crippen molar-refractivity contribution in [2.45, 2.75) is 25.8 Å². The van der Waals surface area contributed by atoms with Crippen molar-refractivity contribution < 1.29 is 4.74 Å². The van der Waals surface area contributed by atoms with Crippen LogP contribution in [0.2, 0.25) is 0 Å². The van der Waals surface area contributed by atoms with Gasteiger partial charge in [0.1, 0.15) is 5.75 Å². The minimum absolute atomic E-state index is 0.737. The quantitative estimate of drug-likeness (QED) is 0.814. The average Bonchev–Trinajstić information content (AvgIpc) is 2.87. The smallest absolute Gasteiger partial charge is 0.142 e. The minimum atomic E-state index is 0.737. The molecule has 1 atom stereocenters. The fourth-order valence-corrected chi connectivity index (χ4v) is 3.21. The molecule has 0 aromatic heterocycles. The Morgan fingerprint density at radius 3 is 3.00 bits per heavy atom. The molecule has 1 aromatic carbocycles. The van der Waals surface area contributed by atoms with Crippen LogP contribution in [0.15, 0.2) is 24.3 Å². The van der Waals surface area contributed by atoms with Crippen LogP contribution >= 0.6 is 0 Å². The lowest BCUT2D eigenvalue weighted by atomic mass is 10.1. The molecule has 3 nitrogen and oxygen atoms in total. The number of para-hydroxylation sites is 2. The maximum absolute atomic E-state index is 5.75. The molecular formula is C15H22N2O. The average molecular weight is 246 g/mol. The van der Waals surface area contributed by atoms with Crippen molar-refractivity contribution >= 4 is 5.69 Å². The zero-order chi connectivity index (χ0) is 12.4. The SMILES string of the molecule is CCOc1ccccc1N1CCN2CCCC2C1. The zero-order valence-electron chi connectivity index (χ0n) is 11.1. The number of benzene rings is 1. The third kappa shape index (κ3) is 2.19. The predicted molar refractivity (Wildman–Crippen MR) is 74.4 cm³/mol. The molecule has 2 heterocycles. The van der Waals surface area contributed by atoms with Crippen LogP contribution in [-0.2, 0) is 0 Å². The van der Waals surface area contributed by atoms with E-state index in [4.69, 9.17) is 4.74 Å². The van der Waals surface area contributed by atoms with Gasteiger partial charge < -0.3 is 9.64 Å². The first-order valence-electron chi connectivity index (χ1n) is 7.09. The molecule has 3 heteroatoms. The second kappa shape index (κ2) is 5.19. The van der Waals surface area contributed by atoms with Crippen LogP contribution in [0.3, 0.4) is 0 Å². The number of ether oxygens (including phenoxy) is 1. The Hall–Kier alpha value is -1.22. The van der Waals surface area contributed by atoms with Crippen molar-refractivity contribution in [2.75, 3.05) is 37.7 Å². The normalized spacial score (nSPS) is 24.1. The van der Waals surface area contributed by atoms with E-state index in [9.17, 15) is 0 Å². The van der Waals surface area contributed by atoms with E-state index in [1.54, 1.807) is 0 Å². The number of hydrogen-bond donors (Lipinski definition) is 0. The van der Waals surface area contributed by atoms with Crippen LogP contribution in [-0.4, -0.2) is 43.7 Å². The van der Waals surface area contributed by atoms with Crippen molar-refractivity contribution in [2.24, 2.45) is 0 Å². The van der Waals surface area contributed by atoms with Crippen LogP contribution in [0.1, 0.15) is 19.8 Å². The van der Waals surface area contributed by atoms with Gasteiger partial charge in [-0.15, -0.1) is 0 Å². The summed E-state index contributed by atoms with van der Waals surface area (Å²) < 4.78 is 5.75. The molecule has 3 rings (SSSR count). The Labute approximate surface area is 109 Å². The van der Waals surface area contributed by atoms with Gasteiger partial charge in [-0.05, 0) is 38.4 Å². The maximum Gasteiger partial charge on any atom is 0.142 e. The second-order valence-corrected chi connectivity index (χ2v) is 5.18. The van der Waals surface area contributed by atoms with Gasteiger partial charge in [-0.25, -0.2) is 0 Å². The van der Waals surface area contributed by atoms with Crippen LogP contribution in [0.25, 0.3) is 0 Å². The Morgan fingerprint density at radius 2 is 2.11 bits per heavy atom. The summed E-state index contributed by atoms with van der Waals surface area (Å²) in [5.41, 5.74) is 1.27. The van der Waals surface area contributed by atoms with E-state index in [1.807, 2.05) is 6.92 Å². The molecular weight excluding hydrogens is 224 g/mol. The lowest BCUT2D eigenvalue weighted by Gasteiger charge is -2.39. The first kappa shape index (κ1) is 11.8. The summed E-state index contributed by atoms with van der Waals surface area (Å²) in [6.45, 7) is 7.56. The Bertz CT molecular complexity index is 407. The summed E-state index contributed by atoms with van der Waals surface area (Å²) in [7, 11) is 0. The fourth-order valence-electron chi connectivity index (χ4n) is 3.21. The van der Waals surface area contributed by atoms with E-state index in [2.05, 4.69) is 34.1 Å². The molecule has 0 radical (unpaired) electrons. The van der Waals surface area contributed by atoms with E-state index in [0.29, 0.717) is 0 Å². The van der Waals surface area contributed by atoms with Crippen molar-refractivity contribution in [1.29, 1.82) is 0 Å².